The lowest BCUT2D eigenvalue weighted by Gasteiger charge is -2.17. The smallest absolute Gasteiger partial charge is 0.230 e. The number of carbonyl (C=O) groups excluding carboxylic acids is 1. The van der Waals surface area contributed by atoms with Gasteiger partial charge < -0.3 is 14.8 Å². The number of carbonyl (C=O) groups is 1. The maximum atomic E-state index is 12.7. The normalized spacial score (nSPS) is 11.8. The molecule has 3 aromatic rings. The van der Waals surface area contributed by atoms with Gasteiger partial charge in [0.1, 0.15) is 5.82 Å². The van der Waals surface area contributed by atoms with Gasteiger partial charge in [0, 0.05) is 0 Å². The molecule has 7 nitrogen and oxygen atoms in total. The molecule has 0 aliphatic heterocycles. The molecule has 1 amide bonds. The number of aromatic nitrogens is 3. The fourth-order valence-corrected chi connectivity index (χ4v) is 4.26. The van der Waals surface area contributed by atoms with E-state index in [0.29, 0.717) is 23.3 Å². The lowest BCUT2D eigenvalue weighted by atomic mass is 10.1. The van der Waals surface area contributed by atoms with Crippen molar-refractivity contribution in [3.8, 4) is 17.2 Å². The highest BCUT2D eigenvalue weighted by Crippen LogP contribution is 2.31. The van der Waals surface area contributed by atoms with Gasteiger partial charge in [0.15, 0.2) is 16.7 Å². The molecule has 1 heterocycles. The molecule has 176 valence electrons. The molecule has 0 aliphatic carbocycles. The van der Waals surface area contributed by atoms with Crippen LogP contribution in [-0.2, 0) is 4.79 Å². The monoisotopic (exact) mass is 468 g/mol. The van der Waals surface area contributed by atoms with Crippen molar-refractivity contribution >= 4 is 17.7 Å². The molecule has 2 aromatic carbocycles. The molecule has 1 unspecified atom stereocenters. The standard InChI is InChI=1S/C25H32N4O3S/c1-7-12-32-22-11-10-20(14-23(22)31-6)18(4)26-24(30)15-33-25-28-27-19(5)29(25)21-13-16(2)8-9-17(21)3/h8-11,13-14,18H,7,12,15H2,1-6H3,(H,26,30). The van der Waals surface area contributed by atoms with Crippen molar-refractivity contribution in [1.82, 2.24) is 20.1 Å². The summed E-state index contributed by atoms with van der Waals surface area (Å²) in [5.41, 5.74) is 4.27. The molecule has 0 aliphatic rings. The van der Waals surface area contributed by atoms with Gasteiger partial charge in [0.2, 0.25) is 5.91 Å². The maximum Gasteiger partial charge on any atom is 0.230 e. The Morgan fingerprint density at radius 1 is 1.12 bits per heavy atom. The summed E-state index contributed by atoms with van der Waals surface area (Å²) < 4.78 is 13.2. The van der Waals surface area contributed by atoms with Crippen LogP contribution in [0.3, 0.4) is 0 Å². The van der Waals surface area contributed by atoms with Gasteiger partial charge in [-0.1, -0.05) is 36.9 Å². The first kappa shape index (κ1) is 24.6. The average molecular weight is 469 g/mol. The molecular weight excluding hydrogens is 436 g/mol. The largest absolute Gasteiger partial charge is 0.493 e. The summed E-state index contributed by atoms with van der Waals surface area (Å²) in [6.45, 7) is 10.7. The predicted octanol–water partition coefficient (Wildman–Crippen LogP) is 4.96. The number of aryl methyl sites for hydroxylation is 3. The third-order valence-electron chi connectivity index (χ3n) is 5.26. The molecule has 0 saturated carbocycles. The van der Waals surface area contributed by atoms with E-state index < -0.39 is 0 Å². The number of methoxy groups -OCH3 is 1. The second kappa shape index (κ2) is 11.2. The zero-order valence-corrected chi connectivity index (χ0v) is 21.0. The Balaban J connectivity index is 1.66. The van der Waals surface area contributed by atoms with Crippen LogP contribution in [0.2, 0.25) is 0 Å². The van der Waals surface area contributed by atoms with E-state index in [0.717, 1.165) is 34.6 Å². The van der Waals surface area contributed by atoms with E-state index in [1.165, 1.54) is 11.8 Å². The molecule has 0 fully saturated rings. The van der Waals surface area contributed by atoms with E-state index in [-0.39, 0.29) is 17.7 Å². The van der Waals surface area contributed by atoms with Crippen LogP contribution in [0.25, 0.3) is 5.69 Å². The fraction of sp³-hybridized carbons (Fsp3) is 0.400. The van der Waals surface area contributed by atoms with Gasteiger partial charge in [0.05, 0.1) is 31.2 Å². The Hall–Kier alpha value is -3.00. The van der Waals surface area contributed by atoms with Gasteiger partial charge in [-0.2, -0.15) is 0 Å². The number of hydrogen-bond donors (Lipinski definition) is 1. The molecule has 1 atom stereocenters. The zero-order valence-electron chi connectivity index (χ0n) is 20.1. The first-order valence-electron chi connectivity index (χ1n) is 11.1. The number of hydrogen-bond acceptors (Lipinski definition) is 6. The van der Waals surface area contributed by atoms with Crippen molar-refractivity contribution in [3.05, 3.63) is 58.9 Å². The second-order valence-electron chi connectivity index (χ2n) is 7.99. The van der Waals surface area contributed by atoms with Crippen LogP contribution in [0.4, 0.5) is 0 Å². The molecule has 1 aromatic heterocycles. The van der Waals surface area contributed by atoms with E-state index in [9.17, 15) is 4.79 Å². The molecule has 1 N–H and O–H groups in total. The first-order chi connectivity index (χ1) is 15.8. The van der Waals surface area contributed by atoms with Crippen LogP contribution in [0.5, 0.6) is 11.5 Å². The van der Waals surface area contributed by atoms with Gasteiger partial charge in [-0.05, 0) is 69.0 Å². The van der Waals surface area contributed by atoms with E-state index in [1.807, 2.05) is 36.6 Å². The Morgan fingerprint density at radius 3 is 2.64 bits per heavy atom. The molecule has 0 spiro atoms. The minimum absolute atomic E-state index is 0.0778. The van der Waals surface area contributed by atoms with Crippen molar-refractivity contribution in [2.75, 3.05) is 19.5 Å². The molecule has 33 heavy (non-hydrogen) atoms. The summed E-state index contributed by atoms with van der Waals surface area (Å²) in [6.07, 6.45) is 0.922. The topological polar surface area (TPSA) is 78.3 Å². The highest BCUT2D eigenvalue weighted by atomic mass is 32.2. The van der Waals surface area contributed by atoms with E-state index in [1.54, 1.807) is 7.11 Å². The van der Waals surface area contributed by atoms with Crippen molar-refractivity contribution in [1.29, 1.82) is 0 Å². The molecule has 0 radical (unpaired) electrons. The quantitative estimate of drug-likeness (QED) is 0.424. The Morgan fingerprint density at radius 2 is 1.91 bits per heavy atom. The van der Waals surface area contributed by atoms with E-state index in [2.05, 4.69) is 54.5 Å². The number of nitrogens with zero attached hydrogens (tertiary/aromatic N) is 3. The van der Waals surface area contributed by atoms with Crippen molar-refractivity contribution in [3.63, 3.8) is 0 Å². The lowest BCUT2D eigenvalue weighted by molar-refractivity contribution is -0.119. The second-order valence-corrected chi connectivity index (χ2v) is 8.93. The SMILES string of the molecule is CCCOc1ccc(C(C)NC(=O)CSc2nnc(C)n2-c2cc(C)ccc2C)cc1OC. The summed E-state index contributed by atoms with van der Waals surface area (Å²) in [5, 5.41) is 12.3. The summed E-state index contributed by atoms with van der Waals surface area (Å²) in [6, 6.07) is 11.8. The fourth-order valence-electron chi connectivity index (χ4n) is 3.46. The summed E-state index contributed by atoms with van der Waals surface area (Å²) >= 11 is 1.37. The molecule has 8 heteroatoms. The van der Waals surface area contributed by atoms with E-state index >= 15 is 0 Å². The van der Waals surface area contributed by atoms with Crippen LogP contribution in [-0.4, -0.2) is 40.1 Å². The third-order valence-corrected chi connectivity index (χ3v) is 6.19. The maximum absolute atomic E-state index is 12.7. The van der Waals surface area contributed by atoms with Crippen LogP contribution in [0, 0.1) is 20.8 Å². The van der Waals surface area contributed by atoms with Gasteiger partial charge in [0.25, 0.3) is 0 Å². The number of amides is 1. The highest BCUT2D eigenvalue weighted by molar-refractivity contribution is 7.99. The summed E-state index contributed by atoms with van der Waals surface area (Å²) in [7, 11) is 1.62. The van der Waals surface area contributed by atoms with Crippen LogP contribution < -0.4 is 14.8 Å². The average Bonchev–Trinajstić information content (AvgIpc) is 3.17. The van der Waals surface area contributed by atoms with Crippen molar-refractivity contribution in [2.45, 2.75) is 52.2 Å². The van der Waals surface area contributed by atoms with Gasteiger partial charge >= 0.3 is 0 Å². The first-order valence-corrected chi connectivity index (χ1v) is 12.0. The van der Waals surface area contributed by atoms with Crippen LogP contribution in [0.1, 0.15) is 48.8 Å². The Labute approximate surface area is 199 Å². The molecular formula is C25H32N4O3S. The number of rotatable bonds is 10. The van der Waals surface area contributed by atoms with Gasteiger partial charge in [-0.15, -0.1) is 10.2 Å². The zero-order chi connectivity index (χ0) is 24.0. The molecule has 0 bridgehead atoms. The van der Waals surface area contributed by atoms with Crippen molar-refractivity contribution < 1.29 is 14.3 Å². The van der Waals surface area contributed by atoms with Crippen molar-refractivity contribution in [2.24, 2.45) is 0 Å². The summed E-state index contributed by atoms with van der Waals surface area (Å²) in [4.78, 5) is 12.7. The van der Waals surface area contributed by atoms with E-state index in [4.69, 9.17) is 9.47 Å². The Bertz CT molecular complexity index is 1110. The van der Waals surface area contributed by atoms with Gasteiger partial charge in [-0.25, -0.2) is 0 Å². The number of ether oxygens (including phenoxy) is 2. The Kier molecular flexibility index (Phi) is 8.38. The predicted molar refractivity (Wildman–Crippen MR) is 132 cm³/mol. The van der Waals surface area contributed by atoms with Gasteiger partial charge in [-0.3, -0.25) is 9.36 Å². The number of nitrogens with one attached hydrogen (secondary N) is 1. The molecule has 3 rings (SSSR count). The minimum Gasteiger partial charge on any atom is -0.493 e. The number of benzene rings is 2. The third kappa shape index (κ3) is 6.07. The van der Waals surface area contributed by atoms with Crippen LogP contribution >= 0.6 is 11.8 Å². The summed E-state index contributed by atoms with van der Waals surface area (Å²) in [5.74, 6) is 2.32. The highest BCUT2D eigenvalue weighted by Gasteiger charge is 2.17. The molecule has 0 saturated heterocycles. The van der Waals surface area contributed by atoms with Crippen LogP contribution in [0.15, 0.2) is 41.6 Å². The minimum atomic E-state index is -0.175. The lowest BCUT2D eigenvalue weighted by Crippen LogP contribution is -2.28. The number of thioether (sulfide) groups is 1.